The normalized spacial score (nSPS) is 21.3. The fourth-order valence-corrected chi connectivity index (χ4v) is 0. The first-order valence-electron chi connectivity index (χ1n) is 1.90. The summed E-state index contributed by atoms with van der Waals surface area (Å²) >= 11 is -20.1. The molecule has 0 radical (unpaired) electrons. The Hall–Kier alpha value is 1.10. The molecule has 0 aromatic rings. The van der Waals surface area contributed by atoms with Crippen LogP contribution in [0.15, 0.2) is 0 Å². The predicted octanol–water partition coefficient (Wildman–Crippen LogP) is 3.26. The number of halogens is 10. The monoisotopic (exact) mass is 575 g/mol. The van der Waals surface area contributed by atoms with Crippen LogP contribution in [0.3, 0.4) is 0 Å². The summed E-state index contributed by atoms with van der Waals surface area (Å²) in [5, 5.41) is 0. The molecule has 0 aliphatic carbocycles. The van der Waals surface area contributed by atoms with E-state index in [2.05, 4.69) is 0 Å². The SMILES string of the molecule is O[Te](F)(F)(F)(F)F.[F][U]([F])([F])([F])[F]. The van der Waals surface area contributed by atoms with Gasteiger partial charge < -0.3 is 0 Å². The summed E-state index contributed by atoms with van der Waals surface area (Å²) in [5.41, 5.74) is 0. The van der Waals surface area contributed by atoms with E-state index in [1.54, 1.807) is 0 Å². The van der Waals surface area contributed by atoms with E-state index in [9.17, 15) is 25.0 Å². The molecule has 13 heavy (non-hydrogen) atoms. The van der Waals surface area contributed by atoms with Crippen LogP contribution < -0.4 is 0 Å². The summed E-state index contributed by atoms with van der Waals surface area (Å²) in [6.45, 7) is 0. The molecule has 0 aliphatic rings. The second-order valence-electron chi connectivity index (χ2n) is 1.64. The van der Waals surface area contributed by atoms with Crippen LogP contribution in [0.1, 0.15) is 0 Å². The Morgan fingerprint density at radius 2 is 0.692 bits per heavy atom. The van der Waals surface area contributed by atoms with E-state index in [0.717, 1.165) is 0 Å². The first kappa shape index (κ1) is 16.5. The van der Waals surface area contributed by atoms with Gasteiger partial charge in [0.1, 0.15) is 0 Å². The van der Waals surface area contributed by atoms with Gasteiger partial charge in [-0.1, -0.05) is 0 Å². The zero-order chi connectivity index (χ0) is 11.9. The fourth-order valence-electron chi connectivity index (χ4n) is 0. The Morgan fingerprint density at radius 3 is 0.692 bits per heavy atom. The van der Waals surface area contributed by atoms with Crippen molar-refractivity contribution in [2.75, 3.05) is 0 Å². The molecular weight excluding hydrogens is 572 g/mol. The molecule has 0 saturated heterocycles. The molecule has 0 saturated carbocycles. The van der Waals surface area contributed by atoms with Crippen molar-refractivity contribution in [1.29, 1.82) is 0 Å². The molecule has 0 unspecified atom stereocenters. The summed E-state index contributed by atoms with van der Waals surface area (Å²) in [5.74, 6) is 0. The van der Waals surface area contributed by atoms with Gasteiger partial charge in [-0.2, -0.15) is 0 Å². The van der Waals surface area contributed by atoms with Crippen molar-refractivity contribution >= 4 is 18.7 Å². The molecule has 0 rings (SSSR count). The van der Waals surface area contributed by atoms with Crippen LogP contribution in [0.25, 0.3) is 0 Å². The summed E-state index contributed by atoms with van der Waals surface area (Å²) in [6, 6.07) is 0. The van der Waals surface area contributed by atoms with Gasteiger partial charge in [0.2, 0.25) is 0 Å². The molecule has 1 nitrogen and oxygen atoms in total. The summed E-state index contributed by atoms with van der Waals surface area (Å²) < 4.78 is 107. The molecule has 0 atom stereocenters. The van der Waals surface area contributed by atoms with Gasteiger partial charge in [-0.3, -0.25) is 0 Å². The van der Waals surface area contributed by atoms with Gasteiger partial charge >= 0.3 is 73.2 Å². The van der Waals surface area contributed by atoms with E-state index in [1.807, 2.05) is 0 Å². The Bertz CT molecular complexity index is 155. The van der Waals surface area contributed by atoms with Crippen LogP contribution in [-0.4, -0.2) is 22.2 Å². The van der Waals surface area contributed by atoms with E-state index in [4.69, 9.17) is 3.47 Å². The number of hydrogen-bond acceptors (Lipinski definition) is 1. The van der Waals surface area contributed by atoms with E-state index in [1.165, 1.54) is 0 Å². The van der Waals surface area contributed by atoms with E-state index in [-0.39, 0.29) is 0 Å². The quantitative estimate of drug-likeness (QED) is 0.349. The molecule has 0 aromatic heterocycles. The molecule has 0 heterocycles. The van der Waals surface area contributed by atoms with Crippen molar-refractivity contribution in [3.8, 4) is 0 Å². The van der Waals surface area contributed by atoms with Crippen molar-refractivity contribution in [3.63, 3.8) is 0 Å². The molecule has 1 N–H and O–H groups in total. The van der Waals surface area contributed by atoms with Crippen molar-refractivity contribution in [2.24, 2.45) is 0 Å². The summed E-state index contributed by atoms with van der Waals surface area (Å²) in [6.07, 6.45) is 0. The van der Waals surface area contributed by atoms with Gasteiger partial charge in [-0.25, -0.2) is 0 Å². The van der Waals surface area contributed by atoms with Crippen molar-refractivity contribution in [1.82, 2.24) is 0 Å². The van der Waals surface area contributed by atoms with Crippen LogP contribution in [0.4, 0.5) is 25.0 Å². The average molecular weight is 573 g/mol. The van der Waals surface area contributed by atoms with Gasteiger partial charge in [0.05, 0.1) is 0 Å². The second-order valence-corrected chi connectivity index (χ2v) is 12.9. The molecular formula is HF10OTeU. The van der Waals surface area contributed by atoms with Gasteiger partial charge in [0.25, 0.3) is 0 Å². The molecule has 0 amide bonds. The van der Waals surface area contributed by atoms with Gasteiger partial charge in [0, 0.05) is 0 Å². The van der Waals surface area contributed by atoms with Crippen molar-refractivity contribution < 1.29 is 54.5 Å². The third-order valence-electron chi connectivity index (χ3n) is 0. The Morgan fingerprint density at radius 1 is 0.692 bits per heavy atom. The maximum atomic E-state index is 10.1. The van der Waals surface area contributed by atoms with Crippen LogP contribution in [0.2, 0.25) is 0 Å². The van der Waals surface area contributed by atoms with E-state index in [0.29, 0.717) is 0 Å². The molecule has 87 valence electrons. The van der Waals surface area contributed by atoms with E-state index >= 15 is 0 Å². The summed E-state index contributed by atoms with van der Waals surface area (Å²) in [4.78, 5) is 0. The molecule has 0 aromatic carbocycles. The fraction of sp³-hybridized carbons (Fsp3) is 0. The first-order valence-corrected chi connectivity index (χ1v) is 15.2. The molecule has 13 heteroatoms. The van der Waals surface area contributed by atoms with Crippen molar-refractivity contribution in [3.05, 3.63) is 0 Å². The van der Waals surface area contributed by atoms with Crippen molar-refractivity contribution in [2.45, 2.75) is 0 Å². The molecule has 0 spiro atoms. The standard InChI is InChI=1S/F5HOTe.5FH.U/c1-7(2,3,4,5)6;;;;;;/h6H;5*1H;/q;;;;;;+5/p-5. The van der Waals surface area contributed by atoms with Crippen LogP contribution in [0.5, 0.6) is 0 Å². The number of hydrogen-bond donors (Lipinski definition) is 1. The van der Waals surface area contributed by atoms with Crippen LogP contribution in [0, 0.1) is 26.1 Å². The zero-order valence-corrected chi connectivity index (χ0v) is 11.6. The zero-order valence-electron chi connectivity index (χ0n) is 5.14. The molecule has 0 fully saturated rings. The average Bonchev–Trinajstić information content (AvgIpc) is 0.981. The summed E-state index contributed by atoms with van der Waals surface area (Å²) in [7, 11) is 0. The maximum absolute atomic E-state index is 10.7. The van der Waals surface area contributed by atoms with Crippen LogP contribution >= 0.6 is 0 Å². The third-order valence-corrected chi connectivity index (χ3v) is 0. The number of rotatable bonds is 0. The third kappa shape index (κ3) is 1330. The Kier molecular flexibility index (Phi) is 3.58. The Labute approximate surface area is 72.8 Å². The molecule has 0 aliphatic heterocycles. The first-order chi connectivity index (χ1) is 4.69. The van der Waals surface area contributed by atoms with Crippen LogP contribution in [-0.2, 0) is 0 Å². The van der Waals surface area contributed by atoms with Gasteiger partial charge in [0.15, 0.2) is 0 Å². The van der Waals surface area contributed by atoms with E-state index < -0.39 is 44.8 Å². The minimum absolute atomic E-state index is 6.31. The topological polar surface area (TPSA) is 20.2 Å². The second kappa shape index (κ2) is 2.82. The minimum atomic E-state index is -10.7. The van der Waals surface area contributed by atoms with Gasteiger partial charge in [-0.05, 0) is 0 Å². The van der Waals surface area contributed by atoms with Gasteiger partial charge in [-0.15, -0.1) is 0 Å². The molecule has 0 bridgehead atoms. The Balaban J connectivity index is 0. The predicted molar refractivity (Wildman–Crippen MR) is 19.1 cm³/mol.